The summed E-state index contributed by atoms with van der Waals surface area (Å²) in [6.45, 7) is 0.590. The number of esters is 1. The van der Waals surface area contributed by atoms with E-state index < -0.39 is 30.3 Å². The maximum absolute atomic E-state index is 14.0. The van der Waals surface area contributed by atoms with Crippen molar-refractivity contribution >= 4 is 23.3 Å². The minimum atomic E-state index is -1.01. The van der Waals surface area contributed by atoms with Crippen molar-refractivity contribution in [2.75, 3.05) is 18.5 Å². The van der Waals surface area contributed by atoms with E-state index >= 15 is 0 Å². The lowest BCUT2D eigenvalue weighted by molar-refractivity contribution is -0.153. The van der Waals surface area contributed by atoms with Gasteiger partial charge in [0.05, 0.1) is 5.56 Å². The average molecular weight is 373 g/mol. The smallest absolute Gasteiger partial charge is 0.351 e. The summed E-state index contributed by atoms with van der Waals surface area (Å²) in [5, 5.41) is 2.41. The lowest BCUT2D eigenvalue weighted by Gasteiger charge is -2.24. The van der Waals surface area contributed by atoms with E-state index in [2.05, 4.69) is 5.32 Å². The van der Waals surface area contributed by atoms with Gasteiger partial charge in [-0.2, -0.15) is 0 Å². The van der Waals surface area contributed by atoms with Gasteiger partial charge < -0.3 is 19.5 Å². The maximum Gasteiger partial charge on any atom is 0.351 e. The van der Waals surface area contributed by atoms with Gasteiger partial charge in [0, 0.05) is 12.6 Å². The van der Waals surface area contributed by atoms with Gasteiger partial charge in [0.15, 0.2) is 18.1 Å². The van der Waals surface area contributed by atoms with E-state index in [1.807, 2.05) is 0 Å². The molecule has 0 unspecified atom stereocenters. The maximum atomic E-state index is 14.0. The van der Waals surface area contributed by atoms with Gasteiger partial charge in [0.2, 0.25) is 17.8 Å². The fourth-order valence-electron chi connectivity index (χ4n) is 2.47. The van der Waals surface area contributed by atoms with Crippen LogP contribution in [0.5, 0.6) is 11.5 Å². The van der Waals surface area contributed by atoms with Crippen LogP contribution in [-0.4, -0.2) is 37.0 Å². The predicted octanol–water partition coefficient (Wildman–Crippen LogP) is 2.35. The number of carbonyl (C=O) groups excluding carboxylic acids is 3. The molecule has 27 heavy (non-hydrogen) atoms. The number of ether oxygens (including phenoxy) is 3. The number of fused-ring (bicyclic) bond motifs is 1. The summed E-state index contributed by atoms with van der Waals surface area (Å²) in [6, 6.07) is 10.5. The molecule has 0 saturated heterocycles. The first-order chi connectivity index (χ1) is 12.9. The number of carbonyl (C=O) groups is 3. The summed E-state index contributed by atoms with van der Waals surface area (Å²) in [5.74, 6) is -1.77. The number of hydrogen-bond donors (Lipinski definition) is 1. The molecule has 8 heteroatoms. The third-order valence-corrected chi connectivity index (χ3v) is 3.71. The van der Waals surface area contributed by atoms with E-state index in [1.54, 1.807) is 24.3 Å². The Labute approximate surface area is 154 Å². The van der Waals surface area contributed by atoms with E-state index in [-0.39, 0.29) is 23.8 Å². The first kappa shape index (κ1) is 18.4. The molecule has 1 aliphatic rings. The first-order valence-corrected chi connectivity index (χ1v) is 8.09. The van der Waals surface area contributed by atoms with Crippen LogP contribution in [0.15, 0.2) is 42.5 Å². The summed E-state index contributed by atoms with van der Waals surface area (Å²) in [7, 11) is 0. The molecule has 1 amide bonds. The molecule has 0 fully saturated rings. The van der Waals surface area contributed by atoms with Crippen LogP contribution in [0.1, 0.15) is 17.3 Å². The molecular weight excluding hydrogens is 357 g/mol. The van der Waals surface area contributed by atoms with Crippen molar-refractivity contribution < 1.29 is 33.0 Å². The second-order valence-corrected chi connectivity index (χ2v) is 5.77. The Morgan fingerprint density at radius 1 is 1.19 bits per heavy atom. The zero-order chi connectivity index (χ0) is 19.4. The molecule has 2 aromatic carbocycles. The second-order valence-electron chi connectivity index (χ2n) is 5.77. The molecule has 0 aromatic heterocycles. The monoisotopic (exact) mass is 373 g/mol. The number of rotatable bonds is 5. The minimum Gasteiger partial charge on any atom is -0.485 e. The van der Waals surface area contributed by atoms with Crippen molar-refractivity contribution in [3.05, 3.63) is 53.8 Å². The summed E-state index contributed by atoms with van der Waals surface area (Å²) < 4.78 is 29.9. The molecular formula is C19H16FNO6. The Balaban J connectivity index is 1.58. The lowest BCUT2D eigenvalue weighted by atomic mass is 10.1. The van der Waals surface area contributed by atoms with Crippen LogP contribution in [0.3, 0.4) is 0 Å². The van der Waals surface area contributed by atoms with Crippen LogP contribution in [0, 0.1) is 5.82 Å². The van der Waals surface area contributed by atoms with Crippen LogP contribution in [0.25, 0.3) is 0 Å². The molecule has 1 heterocycles. The highest BCUT2D eigenvalue weighted by atomic mass is 19.1. The van der Waals surface area contributed by atoms with E-state index in [0.29, 0.717) is 11.5 Å². The molecule has 140 valence electrons. The third-order valence-electron chi connectivity index (χ3n) is 3.71. The molecule has 0 radical (unpaired) electrons. The number of ketones is 1. The van der Waals surface area contributed by atoms with Crippen molar-refractivity contribution in [1.29, 1.82) is 0 Å². The number of para-hydroxylation sites is 2. The van der Waals surface area contributed by atoms with Crippen molar-refractivity contribution in [2.24, 2.45) is 0 Å². The topological polar surface area (TPSA) is 90.9 Å². The van der Waals surface area contributed by atoms with Crippen LogP contribution >= 0.6 is 0 Å². The number of anilines is 1. The Hall–Kier alpha value is -3.42. The van der Waals surface area contributed by atoms with Crippen LogP contribution in [-0.2, 0) is 14.3 Å². The SMILES string of the molecule is CC(=O)Nc1ccc(C(=O)COC(=O)[C@@H]2COc3ccccc3O2)c(F)c1. The number of nitrogens with one attached hydrogen (secondary N) is 1. The molecule has 7 nitrogen and oxygen atoms in total. The highest BCUT2D eigenvalue weighted by molar-refractivity contribution is 5.99. The van der Waals surface area contributed by atoms with E-state index in [1.165, 1.54) is 19.1 Å². The van der Waals surface area contributed by atoms with Gasteiger partial charge in [-0.25, -0.2) is 9.18 Å². The van der Waals surface area contributed by atoms with Crippen molar-refractivity contribution in [3.63, 3.8) is 0 Å². The first-order valence-electron chi connectivity index (χ1n) is 8.09. The number of halogens is 1. The lowest BCUT2D eigenvalue weighted by Crippen LogP contribution is -2.38. The van der Waals surface area contributed by atoms with Gasteiger partial charge in [-0.15, -0.1) is 0 Å². The predicted molar refractivity (Wildman–Crippen MR) is 92.3 cm³/mol. The zero-order valence-electron chi connectivity index (χ0n) is 14.4. The van der Waals surface area contributed by atoms with Gasteiger partial charge in [-0.3, -0.25) is 9.59 Å². The second kappa shape index (κ2) is 7.86. The van der Waals surface area contributed by atoms with E-state index in [9.17, 15) is 18.8 Å². The number of amides is 1. The molecule has 3 rings (SSSR count). The minimum absolute atomic E-state index is 0.0518. The summed E-state index contributed by atoms with van der Waals surface area (Å²) in [4.78, 5) is 35.2. The van der Waals surface area contributed by atoms with Gasteiger partial charge in [0.25, 0.3) is 0 Å². The van der Waals surface area contributed by atoms with Gasteiger partial charge in [-0.1, -0.05) is 12.1 Å². The molecule has 2 aromatic rings. The summed E-state index contributed by atoms with van der Waals surface area (Å²) in [5.41, 5.74) is -0.0250. The normalized spacial score (nSPS) is 15.0. The van der Waals surface area contributed by atoms with Crippen molar-refractivity contribution in [1.82, 2.24) is 0 Å². The fraction of sp³-hybridized carbons (Fsp3) is 0.211. The molecule has 1 atom stereocenters. The molecule has 0 saturated carbocycles. The number of hydrogen-bond acceptors (Lipinski definition) is 6. The Bertz CT molecular complexity index is 898. The zero-order valence-corrected chi connectivity index (χ0v) is 14.4. The largest absolute Gasteiger partial charge is 0.485 e. The van der Waals surface area contributed by atoms with Gasteiger partial charge in [-0.05, 0) is 30.3 Å². The summed E-state index contributed by atoms with van der Waals surface area (Å²) in [6.07, 6.45) is -1.01. The van der Waals surface area contributed by atoms with Gasteiger partial charge in [0.1, 0.15) is 12.4 Å². The Kier molecular flexibility index (Phi) is 5.35. The van der Waals surface area contributed by atoms with Crippen LogP contribution < -0.4 is 14.8 Å². The molecule has 1 aliphatic heterocycles. The van der Waals surface area contributed by atoms with Crippen molar-refractivity contribution in [2.45, 2.75) is 13.0 Å². The van der Waals surface area contributed by atoms with E-state index in [0.717, 1.165) is 6.07 Å². The Morgan fingerprint density at radius 3 is 2.63 bits per heavy atom. The average Bonchev–Trinajstić information content (AvgIpc) is 2.65. The quantitative estimate of drug-likeness (QED) is 0.639. The van der Waals surface area contributed by atoms with Gasteiger partial charge >= 0.3 is 5.97 Å². The van der Waals surface area contributed by atoms with Crippen LogP contribution in [0.4, 0.5) is 10.1 Å². The molecule has 0 bridgehead atoms. The molecule has 0 aliphatic carbocycles. The van der Waals surface area contributed by atoms with Crippen LogP contribution in [0.2, 0.25) is 0 Å². The molecule has 1 N–H and O–H groups in total. The summed E-state index contributed by atoms with van der Waals surface area (Å²) >= 11 is 0. The highest BCUT2D eigenvalue weighted by Crippen LogP contribution is 2.31. The highest BCUT2D eigenvalue weighted by Gasteiger charge is 2.29. The third kappa shape index (κ3) is 4.41. The number of benzene rings is 2. The van der Waals surface area contributed by atoms with Crippen molar-refractivity contribution in [3.8, 4) is 11.5 Å². The van der Waals surface area contributed by atoms with E-state index in [4.69, 9.17) is 14.2 Å². The Morgan fingerprint density at radius 2 is 1.93 bits per heavy atom. The standard InChI is InChI=1S/C19H16FNO6/c1-11(22)21-12-6-7-13(14(20)8-12)15(23)9-26-19(24)18-10-25-16-4-2-3-5-17(16)27-18/h2-8,18H,9-10H2,1H3,(H,21,22)/t18-/m0/s1. The fourth-order valence-corrected chi connectivity index (χ4v) is 2.47. The number of Topliss-reactive ketones (excluding diaryl/α,β-unsaturated/α-hetero) is 1. The molecule has 0 spiro atoms.